The number of hydrogen-bond acceptors (Lipinski definition) is 8. The number of nitro groups is 1. The monoisotopic (exact) mass is 411 g/mol. The summed E-state index contributed by atoms with van der Waals surface area (Å²) < 4.78 is 10.5. The van der Waals surface area contributed by atoms with Gasteiger partial charge in [0.25, 0.3) is 11.6 Å². The molecule has 0 N–H and O–H groups in total. The van der Waals surface area contributed by atoms with Crippen molar-refractivity contribution in [3.05, 3.63) is 57.6 Å². The zero-order valence-electron chi connectivity index (χ0n) is 16.3. The van der Waals surface area contributed by atoms with Crippen LogP contribution >= 0.6 is 0 Å². The summed E-state index contributed by atoms with van der Waals surface area (Å²) in [6.07, 6.45) is -1.13. The molecule has 2 aliphatic rings. The smallest absolute Gasteiger partial charge is 0.278 e. The second-order valence-corrected chi connectivity index (χ2v) is 6.74. The van der Waals surface area contributed by atoms with Crippen LogP contribution in [0.5, 0.6) is 11.5 Å². The molecule has 0 spiro atoms. The fraction of sp³-hybridized carbons (Fsp3) is 0.250. The number of oxime groups is 1. The van der Waals surface area contributed by atoms with E-state index in [-0.39, 0.29) is 22.6 Å². The standard InChI is InChI=1S/C20H17N3O7/c1-10-12(5-4-6-13(10)23(26)27)22-19(24)16-17(21-30-18(16)20(22)25)11-7-8-14(28-2)15(9-11)29-3/h4-9,16,18H,1-3H3/t16-,18+/m1/s1. The number of carbonyl (C=O) groups excluding carboxylic acids is 2. The normalized spacial score (nSPS) is 20.0. The highest BCUT2D eigenvalue weighted by molar-refractivity contribution is 6.32. The Bertz CT molecular complexity index is 1110. The van der Waals surface area contributed by atoms with Crippen LogP contribution in [0.25, 0.3) is 0 Å². The van der Waals surface area contributed by atoms with Crippen molar-refractivity contribution >= 4 is 28.9 Å². The third-order valence-electron chi connectivity index (χ3n) is 5.21. The minimum atomic E-state index is -1.13. The van der Waals surface area contributed by atoms with Gasteiger partial charge in [-0.2, -0.15) is 0 Å². The highest BCUT2D eigenvalue weighted by Crippen LogP contribution is 2.39. The van der Waals surface area contributed by atoms with E-state index in [1.165, 1.54) is 39.3 Å². The number of ether oxygens (including phenoxy) is 2. The van der Waals surface area contributed by atoms with Gasteiger partial charge < -0.3 is 14.3 Å². The van der Waals surface area contributed by atoms with Crippen molar-refractivity contribution in [3.8, 4) is 11.5 Å². The highest BCUT2D eigenvalue weighted by atomic mass is 16.7. The second-order valence-electron chi connectivity index (χ2n) is 6.74. The van der Waals surface area contributed by atoms with Gasteiger partial charge in [0.2, 0.25) is 12.0 Å². The number of nitro benzene ring substituents is 1. The van der Waals surface area contributed by atoms with Gasteiger partial charge in [-0.15, -0.1) is 0 Å². The van der Waals surface area contributed by atoms with Crippen LogP contribution in [0, 0.1) is 23.0 Å². The Kier molecular flexibility index (Phi) is 4.61. The molecule has 10 nitrogen and oxygen atoms in total. The van der Waals surface area contributed by atoms with Crippen LogP contribution in [-0.2, 0) is 14.4 Å². The number of anilines is 1. The van der Waals surface area contributed by atoms with Gasteiger partial charge in [-0.1, -0.05) is 11.2 Å². The lowest BCUT2D eigenvalue weighted by atomic mass is 9.94. The molecular formula is C20H17N3O7. The number of imide groups is 1. The van der Waals surface area contributed by atoms with Crippen molar-refractivity contribution in [1.29, 1.82) is 0 Å². The maximum Gasteiger partial charge on any atom is 0.278 e. The first-order valence-corrected chi connectivity index (χ1v) is 8.97. The molecule has 0 unspecified atom stereocenters. The Hall–Kier alpha value is -3.95. The predicted octanol–water partition coefficient (Wildman–Crippen LogP) is 2.21. The van der Waals surface area contributed by atoms with Crippen LogP contribution in [0.15, 0.2) is 41.6 Å². The second kappa shape index (κ2) is 7.14. The van der Waals surface area contributed by atoms with Crippen LogP contribution in [0.3, 0.4) is 0 Å². The number of hydrogen-bond donors (Lipinski definition) is 0. The lowest BCUT2D eigenvalue weighted by molar-refractivity contribution is -0.385. The van der Waals surface area contributed by atoms with E-state index in [0.29, 0.717) is 17.1 Å². The number of amides is 2. The first-order chi connectivity index (χ1) is 14.4. The van der Waals surface area contributed by atoms with E-state index < -0.39 is 28.8 Å². The number of rotatable bonds is 5. The lowest BCUT2D eigenvalue weighted by Gasteiger charge is -2.17. The maximum atomic E-state index is 13.2. The van der Waals surface area contributed by atoms with E-state index in [9.17, 15) is 19.7 Å². The zero-order chi connectivity index (χ0) is 21.6. The summed E-state index contributed by atoms with van der Waals surface area (Å²) in [7, 11) is 2.98. The summed E-state index contributed by atoms with van der Waals surface area (Å²) in [5.41, 5.74) is 1.02. The molecule has 30 heavy (non-hydrogen) atoms. The minimum Gasteiger partial charge on any atom is -0.493 e. The average Bonchev–Trinajstić information content (AvgIpc) is 3.28. The van der Waals surface area contributed by atoms with Crippen LogP contribution in [-0.4, -0.2) is 42.8 Å². The van der Waals surface area contributed by atoms with Crippen molar-refractivity contribution < 1.29 is 28.8 Å². The van der Waals surface area contributed by atoms with E-state index in [1.54, 1.807) is 18.2 Å². The fourth-order valence-electron chi connectivity index (χ4n) is 3.70. The predicted molar refractivity (Wildman–Crippen MR) is 105 cm³/mol. The molecule has 10 heteroatoms. The molecule has 2 amide bonds. The van der Waals surface area contributed by atoms with E-state index >= 15 is 0 Å². The van der Waals surface area contributed by atoms with Crippen molar-refractivity contribution in [2.75, 3.05) is 19.1 Å². The van der Waals surface area contributed by atoms with Gasteiger partial charge in [0.1, 0.15) is 11.6 Å². The third-order valence-corrected chi connectivity index (χ3v) is 5.21. The van der Waals surface area contributed by atoms with Gasteiger partial charge in [-0.3, -0.25) is 19.7 Å². The molecule has 0 saturated carbocycles. The van der Waals surface area contributed by atoms with Crippen molar-refractivity contribution in [1.82, 2.24) is 0 Å². The summed E-state index contributed by atoms with van der Waals surface area (Å²) in [5, 5.41) is 15.2. The molecule has 1 saturated heterocycles. The number of fused-ring (bicyclic) bond motifs is 1. The van der Waals surface area contributed by atoms with Crippen LogP contribution < -0.4 is 14.4 Å². The summed E-state index contributed by atoms with van der Waals surface area (Å²) in [6.45, 7) is 1.49. The van der Waals surface area contributed by atoms with E-state index in [1.807, 2.05) is 0 Å². The van der Waals surface area contributed by atoms with Gasteiger partial charge in [-0.05, 0) is 31.2 Å². The first-order valence-electron chi connectivity index (χ1n) is 8.97. The SMILES string of the molecule is COc1ccc(C2=NO[C@@H]3C(=O)N(c4cccc([N+](=O)[O-])c4C)C(=O)[C@H]23)cc1OC. The quantitative estimate of drug-likeness (QED) is 0.420. The average molecular weight is 411 g/mol. The molecule has 1 fully saturated rings. The van der Waals surface area contributed by atoms with Crippen molar-refractivity contribution in [2.24, 2.45) is 11.1 Å². The highest BCUT2D eigenvalue weighted by Gasteiger charge is 2.56. The van der Waals surface area contributed by atoms with E-state index in [2.05, 4.69) is 5.16 Å². The van der Waals surface area contributed by atoms with E-state index in [4.69, 9.17) is 14.3 Å². The summed E-state index contributed by atoms with van der Waals surface area (Å²) in [5.74, 6) is -1.20. The van der Waals surface area contributed by atoms with Crippen LogP contribution in [0.1, 0.15) is 11.1 Å². The Morgan fingerprint density at radius 1 is 1.10 bits per heavy atom. The Morgan fingerprint density at radius 3 is 2.50 bits per heavy atom. The van der Waals surface area contributed by atoms with Gasteiger partial charge in [0.15, 0.2) is 11.5 Å². The van der Waals surface area contributed by atoms with Gasteiger partial charge in [-0.25, -0.2) is 4.90 Å². The number of methoxy groups -OCH3 is 2. The van der Waals surface area contributed by atoms with Gasteiger partial charge in [0.05, 0.1) is 30.4 Å². The molecular weight excluding hydrogens is 394 g/mol. The Labute approximate surface area is 170 Å². The summed E-state index contributed by atoms with van der Waals surface area (Å²) in [4.78, 5) is 43.1. The molecule has 2 atom stereocenters. The number of benzene rings is 2. The van der Waals surface area contributed by atoms with Crippen LogP contribution in [0.4, 0.5) is 11.4 Å². The Morgan fingerprint density at radius 2 is 1.83 bits per heavy atom. The molecule has 0 bridgehead atoms. The molecule has 0 radical (unpaired) electrons. The summed E-state index contributed by atoms with van der Waals surface area (Å²) >= 11 is 0. The third kappa shape index (κ3) is 2.76. The fourth-order valence-corrected chi connectivity index (χ4v) is 3.70. The van der Waals surface area contributed by atoms with Crippen LogP contribution in [0.2, 0.25) is 0 Å². The molecule has 4 rings (SSSR count). The van der Waals surface area contributed by atoms with Crippen molar-refractivity contribution in [2.45, 2.75) is 13.0 Å². The molecule has 0 aromatic heterocycles. The lowest BCUT2D eigenvalue weighted by Crippen LogP contribution is -2.33. The van der Waals surface area contributed by atoms with Gasteiger partial charge in [0, 0.05) is 11.6 Å². The molecule has 154 valence electrons. The van der Waals surface area contributed by atoms with Gasteiger partial charge >= 0.3 is 0 Å². The zero-order valence-corrected chi connectivity index (χ0v) is 16.3. The van der Waals surface area contributed by atoms with E-state index in [0.717, 1.165) is 4.90 Å². The molecule has 2 aromatic carbocycles. The minimum absolute atomic E-state index is 0.156. The number of nitrogens with zero attached hydrogens (tertiary/aromatic N) is 3. The molecule has 2 aromatic rings. The Balaban J connectivity index is 1.73. The maximum absolute atomic E-state index is 13.2. The number of carbonyl (C=O) groups is 2. The first kappa shape index (κ1) is 19.4. The molecule has 2 aliphatic heterocycles. The van der Waals surface area contributed by atoms with Crippen molar-refractivity contribution in [3.63, 3.8) is 0 Å². The molecule has 2 heterocycles. The largest absolute Gasteiger partial charge is 0.493 e. The topological polar surface area (TPSA) is 121 Å². The molecule has 0 aliphatic carbocycles. The summed E-state index contributed by atoms with van der Waals surface area (Å²) in [6, 6.07) is 9.23.